The molecule has 160 valence electrons. The number of Topliss-reactive ketones (excluding diaryl/α,β-unsaturated/α-hetero) is 1. The van der Waals surface area contributed by atoms with E-state index in [2.05, 4.69) is 19.7 Å². The molecule has 0 unspecified atom stereocenters. The lowest BCUT2D eigenvalue weighted by molar-refractivity contribution is 0.102. The number of thioether (sulfide) groups is 1. The van der Waals surface area contributed by atoms with Crippen LogP contribution in [0, 0.1) is 0 Å². The zero-order valence-electron chi connectivity index (χ0n) is 16.9. The smallest absolute Gasteiger partial charge is 0.232 e. The fourth-order valence-corrected chi connectivity index (χ4v) is 5.69. The number of rotatable bonds is 7. The van der Waals surface area contributed by atoms with Gasteiger partial charge in [-0.1, -0.05) is 11.8 Å². The summed E-state index contributed by atoms with van der Waals surface area (Å²) in [5.41, 5.74) is 3.06. The Balaban J connectivity index is 1.34. The zero-order chi connectivity index (χ0) is 21.6. The van der Waals surface area contributed by atoms with Gasteiger partial charge in [0, 0.05) is 36.1 Å². The molecule has 0 bridgehead atoms. The summed E-state index contributed by atoms with van der Waals surface area (Å²) in [7, 11) is -3.30. The Morgan fingerprint density at radius 1 is 1.23 bits per heavy atom. The molecule has 0 radical (unpaired) electrons. The molecule has 0 amide bonds. The Bertz CT molecular complexity index is 1250. The fourth-order valence-electron chi connectivity index (χ4n) is 3.83. The van der Waals surface area contributed by atoms with E-state index in [4.69, 9.17) is 0 Å². The first-order chi connectivity index (χ1) is 14.9. The van der Waals surface area contributed by atoms with Gasteiger partial charge in [0.15, 0.2) is 16.8 Å². The Labute approximate surface area is 184 Å². The highest BCUT2D eigenvalue weighted by Crippen LogP contribution is 2.41. The molecule has 2 aliphatic rings. The SMILES string of the molecule is CS(=O)(=O)N1CCc2cc(C(=O)CSc3nnc(-c4cccnc4)n3C3CC3)ccc21. The minimum absolute atomic E-state index is 0.0149. The van der Waals surface area contributed by atoms with E-state index < -0.39 is 10.0 Å². The van der Waals surface area contributed by atoms with Crippen LogP contribution in [0.3, 0.4) is 0 Å². The van der Waals surface area contributed by atoms with Crippen molar-refractivity contribution in [3.63, 3.8) is 0 Å². The van der Waals surface area contributed by atoms with E-state index in [1.165, 1.54) is 22.3 Å². The number of hydrogen-bond acceptors (Lipinski definition) is 7. The molecule has 3 heterocycles. The number of carbonyl (C=O) groups is 1. The van der Waals surface area contributed by atoms with Crippen molar-refractivity contribution in [2.75, 3.05) is 22.9 Å². The monoisotopic (exact) mass is 455 g/mol. The summed E-state index contributed by atoms with van der Waals surface area (Å²) in [6.45, 7) is 0.419. The number of benzene rings is 1. The first-order valence-electron chi connectivity index (χ1n) is 10.0. The van der Waals surface area contributed by atoms with E-state index in [0.717, 1.165) is 34.9 Å². The molecule has 2 aromatic heterocycles. The Morgan fingerprint density at radius 3 is 2.77 bits per heavy atom. The Hall–Kier alpha value is -2.72. The van der Waals surface area contributed by atoms with E-state index in [1.54, 1.807) is 24.5 Å². The second-order valence-electron chi connectivity index (χ2n) is 7.79. The number of ketones is 1. The lowest BCUT2D eigenvalue weighted by Crippen LogP contribution is -2.27. The maximum atomic E-state index is 12.8. The van der Waals surface area contributed by atoms with Crippen molar-refractivity contribution < 1.29 is 13.2 Å². The first kappa shape index (κ1) is 20.2. The van der Waals surface area contributed by atoms with Gasteiger partial charge in [-0.25, -0.2) is 8.42 Å². The molecule has 5 rings (SSSR count). The van der Waals surface area contributed by atoms with Crippen LogP contribution in [0.2, 0.25) is 0 Å². The summed E-state index contributed by atoms with van der Waals surface area (Å²) in [4.78, 5) is 17.0. The van der Waals surface area contributed by atoms with E-state index >= 15 is 0 Å². The van der Waals surface area contributed by atoms with E-state index in [9.17, 15) is 13.2 Å². The average molecular weight is 456 g/mol. The molecule has 0 atom stereocenters. The van der Waals surface area contributed by atoms with Gasteiger partial charge in [0.1, 0.15) is 0 Å². The molecule has 1 aliphatic heterocycles. The van der Waals surface area contributed by atoms with Crippen molar-refractivity contribution in [2.24, 2.45) is 0 Å². The molecular weight excluding hydrogens is 434 g/mol. The number of anilines is 1. The second kappa shape index (κ2) is 7.76. The molecule has 0 spiro atoms. The number of hydrogen-bond donors (Lipinski definition) is 0. The number of carbonyl (C=O) groups excluding carboxylic acids is 1. The highest BCUT2D eigenvalue weighted by molar-refractivity contribution is 7.99. The lowest BCUT2D eigenvalue weighted by Gasteiger charge is -2.16. The summed E-state index contributed by atoms with van der Waals surface area (Å²) in [6, 6.07) is 9.45. The topological polar surface area (TPSA) is 98.1 Å². The number of fused-ring (bicyclic) bond motifs is 1. The summed E-state index contributed by atoms with van der Waals surface area (Å²) in [5.74, 6) is 1.01. The van der Waals surface area contributed by atoms with Crippen LogP contribution >= 0.6 is 11.8 Å². The molecule has 8 nitrogen and oxygen atoms in total. The molecule has 1 saturated carbocycles. The van der Waals surface area contributed by atoms with Gasteiger partial charge >= 0.3 is 0 Å². The van der Waals surface area contributed by atoms with Gasteiger partial charge in [-0.05, 0) is 55.2 Å². The maximum Gasteiger partial charge on any atom is 0.232 e. The normalized spacial score (nSPS) is 15.8. The molecule has 0 N–H and O–H groups in total. The molecule has 31 heavy (non-hydrogen) atoms. The van der Waals surface area contributed by atoms with Crippen molar-refractivity contribution in [3.8, 4) is 11.4 Å². The number of sulfonamides is 1. The standard InChI is InChI=1S/C21H21N5O3S2/c1-31(28,29)25-10-8-14-11-15(4-7-18(14)25)19(27)13-30-21-24-23-20(26(21)17-5-6-17)16-3-2-9-22-12-16/h2-4,7,9,11-12,17H,5-6,8,10,13H2,1H3. The number of nitrogens with zero attached hydrogens (tertiary/aromatic N) is 5. The molecule has 3 aromatic rings. The summed E-state index contributed by atoms with van der Waals surface area (Å²) >= 11 is 1.39. The van der Waals surface area contributed by atoms with Crippen LogP contribution in [0.5, 0.6) is 0 Å². The first-order valence-corrected chi connectivity index (χ1v) is 12.9. The minimum Gasteiger partial charge on any atom is -0.299 e. The van der Waals surface area contributed by atoms with Gasteiger partial charge < -0.3 is 0 Å². The molecule has 0 saturated heterocycles. The van der Waals surface area contributed by atoms with Crippen LogP contribution in [-0.4, -0.2) is 52.5 Å². The fraction of sp³-hybridized carbons (Fsp3) is 0.333. The highest BCUT2D eigenvalue weighted by atomic mass is 32.2. The quantitative estimate of drug-likeness (QED) is 0.399. The van der Waals surface area contributed by atoms with E-state index in [1.807, 2.05) is 18.2 Å². The number of pyridine rings is 1. The summed E-state index contributed by atoms with van der Waals surface area (Å²) in [6.07, 6.45) is 7.46. The van der Waals surface area contributed by atoms with Gasteiger partial charge in [0.25, 0.3) is 0 Å². The van der Waals surface area contributed by atoms with Crippen LogP contribution in [0.15, 0.2) is 47.9 Å². The summed E-state index contributed by atoms with van der Waals surface area (Å²) < 4.78 is 27.3. The van der Waals surface area contributed by atoms with Crippen LogP contribution < -0.4 is 4.31 Å². The van der Waals surface area contributed by atoms with Crippen molar-refractivity contribution >= 4 is 33.3 Å². The van der Waals surface area contributed by atoms with Gasteiger partial charge in [0.2, 0.25) is 10.0 Å². The van der Waals surface area contributed by atoms with Crippen LogP contribution in [-0.2, 0) is 16.4 Å². The molecule has 1 fully saturated rings. The van der Waals surface area contributed by atoms with Gasteiger partial charge in [-0.3, -0.25) is 18.7 Å². The second-order valence-corrected chi connectivity index (χ2v) is 10.6. The van der Waals surface area contributed by atoms with Crippen LogP contribution in [0.25, 0.3) is 11.4 Å². The van der Waals surface area contributed by atoms with Gasteiger partial charge in [-0.15, -0.1) is 10.2 Å². The molecule has 10 heteroatoms. The minimum atomic E-state index is -3.30. The van der Waals surface area contributed by atoms with Gasteiger partial charge in [-0.2, -0.15) is 0 Å². The van der Waals surface area contributed by atoms with E-state index in [0.29, 0.717) is 30.3 Å². The predicted molar refractivity (Wildman–Crippen MR) is 119 cm³/mol. The van der Waals surface area contributed by atoms with Crippen LogP contribution in [0.1, 0.15) is 34.8 Å². The van der Waals surface area contributed by atoms with Crippen molar-refractivity contribution in [1.82, 2.24) is 19.7 Å². The lowest BCUT2D eigenvalue weighted by atomic mass is 10.1. The number of aromatic nitrogens is 4. The van der Waals surface area contributed by atoms with Crippen molar-refractivity contribution in [2.45, 2.75) is 30.5 Å². The third-order valence-electron chi connectivity index (χ3n) is 5.48. The third kappa shape index (κ3) is 3.97. The van der Waals surface area contributed by atoms with Crippen LogP contribution in [0.4, 0.5) is 5.69 Å². The van der Waals surface area contributed by atoms with Crippen molar-refractivity contribution in [3.05, 3.63) is 53.9 Å². The molecule has 1 aliphatic carbocycles. The molecule has 1 aromatic carbocycles. The largest absolute Gasteiger partial charge is 0.299 e. The Morgan fingerprint density at radius 2 is 2.06 bits per heavy atom. The predicted octanol–water partition coefficient (Wildman–Crippen LogP) is 2.97. The molecular formula is C21H21N5O3S2. The van der Waals surface area contributed by atoms with E-state index in [-0.39, 0.29) is 11.5 Å². The third-order valence-corrected chi connectivity index (χ3v) is 7.61. The van der Waals surface area contributed by atoms with Crippen molar-refractivity contribution in [1.29, 1.82) is 0 Å². The Kier molecular flexibility index (Phi) is 5.05. The highest BCUT2D eigenvalue weighted by Gasteiger charge is 2.31. The maximum absolute atomic E-state index is 12.8. The zero-order valence-corrected chi connectivity index (χ0v) is 18.6. The average Bonchev–Trinajstić information content (AvgIpc) is 3.35. The van der Waals surface area contributed by atoms with Gasteiger partial charge in [0.05, 0.1) is 17.7 Å². The summed E-state index contributed by atoms with van der Waals surface area (Å²) in [5, 5.41) is 9.43.